The standard InChI is InChI=1S/C12H21N3O3S2/c1-9-7-12(8-9,10(13)19)11(16)14-3-5-15(6-4-14)20(2,17)18/h9H,3-8H2,1-2H3,(H2,13,19). The number of nitrogens with two attached hydrogens (primary N) is 1. The molecule has 0 aromatic rings. The molecule has 0 spiro atoms. The number of hydrogen-bond acceptors (Lipinski definition) is 4. The van der Waals surface area contributed by atoms with E-state index in [1.165, 1.54) is 10.6 Å². The number of sulfonamides is 1. The van der Waals surface area contributed by atoms with Crippen LogP contribution in [0.4, 0.5) is 0 Å². The van der Waals surface area contributed by atoms with Crippen molar-refractivity contribution >= 4 is 33.1 Å². The zero-order valence-electron chi connectivity index (χ0n) is 11.8. The number of piperazine rings is 1. The van der Waals surface area contributed by atoms with E-state index in [2.05, 4.69) is 6.92 Å². The molecule has 1 amide bonds. The van der Waals surface area contributed by atoms with Crippen LogP contribution < -0.4 is 5.73 Å². The lowest BCUT2D eigenvalue weighted by molar-refractivity contribution is -0.145. The molecule has 2 fully saturated rings. The van der Waals surface area contributed by atoms with E-state index in [0.29, 0.717) is 44.9 Å². The quantitative estimate of drug-likeness (QED) is 0.728. The number of carbonyl (C=O) groups excluding carboxylic acids is 1. The minimum Gasteiger partial charge on any atom is -0.392 e. The molecule has 114 valence electrons. The third kappa shape index (κ3) is 2.68. The Balaban J connectivity index is 2.03. The summed E-state index contributed by atoms with van der Waals surface area (Å²) in [6.07, 6.45) is 2.59. The highest BCUT2D eigenvalue weighted by atomic mass is 32.2. The number of amides is 1. The first-order valence-electron chi connectivity index (χ1n) is 6.71. The van der Waals surface area contributed by atoms with Crippen LogP contribution in [0.5, 0.6) is 0 Å². The fourth-order valence-corrected chi connectivity index (χ4v) is 4.22. The van der Waals surface area contributed by atoms with Gasteiger partial charge in [0.05, 0.1) is 16.7 Å². The van der Waals surface area contributed by atoms with Gasteiger partial charge in [-0.25, -0.2) is 8.42 Å². The lowest BCUT2D eigenvalue weighted by Crippen LogP contribution is -2.60. The first kappa shape index (κ1) is 15.7. The van der Waals surface area contributed by atoms with Crippen molar-refractivity contribution in [2.75, 3.05) is 32.4 Å². The van der Waals surface area contributed by atoms with E-state index in [4.69, 9.17) is 18.0 Å². The Morgan fingerprint density at radius 1 is 1.25 bits per heavy atom. The van der Waals surface area contributed by atoms with Crippen LogP contribution in [-0.2, 0) is 14.8 Å². The molecule has 0 atom stereocenters. The average Bonchev–Trinajstić information content (AvgIpc) is 2.32. The Labute approximate surface area is 125 Å². The van der Waals surface area contributed by atoms with Gasteiger partial charge in [0, 0.05) is 26.2 Å². The number of rotatable bonds is 3. The third-order valence-corrected chi connectivity index (χ3v) is 5.96. The molecule has 8 heteroatoms. The van der Waals surface area contributed by atoms with E-state index >= 15 is 0 Å². The molecular formula is C12H21N3O3S2. The van der Waals surface area contributed by atoms with Gasteiger partial charge in [0.15, 0.2) is 0 Å². The molecule has 2 rings (SSSR count). The first-order chi connectivity index (χ1) is 9.17. The van der Waals surface area contributed by atoms with Crippen molar-refractivity contribution in [2.24, 2.45) is 17.1 Å². The summed E-state index contributed by atoms with van der Waals surface area (Å²) in [4.78, 5) is 14.6. The van der Waals surface area contributed by atoms with Gasteiger partial charge < -0.3 is 10.6 Å². The van der Waals surface area contributed by atoms with Crippen molar-refractivity contribution in [3.63, 3.8) is 0 Å². The zero-order valence-corrected chi connectivity index (χ0v) is 13.5. The largest absolute Gasteiger partial charge is 0.392 e. The molecule has 1 aliphatic heterocycles. The summed E-state index contributed by atoms with van der Waals surface area (Å²) in [6.45, 7) is 3.57. The summed E-state index contributed by atoms with van der Waals surface area (Å²) in [6, 6.07) is 0. The van der Waals surface area contributed by atoms with Gasteiger partial charge in [0.25, 0.3) is 0 Å². The van der Waals surface area contributed by atoms with Crippen LogP contribution in [0.3, 0.4) is 0 Å². The lowest BCUT2D eigenvalue weighted by Gasteiger charge is -2.47. The molecule has 1 saturated carbocycles. The molecule has 2 aliphatic rings. The van der Waals surface area contributed by atoms with Gasteiger partial charge in [-0.3, -0.25) is 4.79 Å². The molecule has 1 saturated heterocycles. The van der Waals surface area contributed by atoms with E-state index in [9.17, 15) is 13.2 Å². The average molecular weight is 319 g/mol. The third-order valence-electron chi connectivity index (χ3n) is 4.27. The Morgan fingerprint density at radius 3 is 2.10 bits per heavy atom. The lowest BCUT2D eigenvalue weighted by atomic mass is 9.61. The summed E-state index contributed by atoms with van der Waals surface area (Å²) in [5.41, 5.74) is 5.08. The van der Waals surface area contributed by atoms with E-state index in [0.717, 1.165) is 0 Å². The predicted molar refractivity (Wildman–Crippen MR) is 80.6 cm³/mol. The molecule has 0 unspecified atom stereocenters. The topological polar surface area (TPSA) is 83.7 Å². The molecule has 0 bridgehead atoms. The van der Waals surface area contributed by atoms with E-state index in [1.54, 1.807) is 4.90 Å². The molecule has 2 N–H and O–H groups in total. The molecular weight excluding hydrogens is 298 g/mol. The summed E-state index contributed by atoms with van der Waals surface area (Å²) in [7, 11) is -3.18. The highest BCUT2D eigenvalue weighted by molar-refractivity contribution is 7.88. The van der Waals surface area contributed by atoms with Crippen molar-refractivity contribution in [3.8, 4) is 0 Å². The smallest absolute Gasteiger partial charge is 0.235 e. The van der Waals surface area contributed by atoms with E-state index in [1.807, 2.05) is 0 Å². The van der Waals surface area contributed by atoms with Crippen molar-refractivity contribution in [3.05, 3.63) is 0 Å². The fraction of sp³-hybridized carbons (Fsp3) is 0.833. The number of hydrogen-bond donors (Lipinski definition) is 1. The minimum atomic E-state index is -3.18. The maximum atomic E-state index is 12.6. The highest BCUT2D eigenvalue weighted by Gasteiger charge is 2.52. The Kier molecular flexibility index (Phi) is 4.10. The maximum Gasteiger partial charge on any atom is 0.235 e. The van der Waals surface area contributed by atoms with Gasteiger partial charge >= 0.3 is 0 Å². The Bertz CT molecular complexity index is 518. The van der Waals surface area contributed by atoms with Crippen molar-refractivity contribution in [1.29, 1.82) is 0 Å². The van der Waals surface area contributed by atoms with Crippen LogP contribution in [0.2, 0.25) is 0 Å². The van der Waals surface area contributed by atoms with Crippen LogP contribution in [0.25, 0.3) is 0 Å². The molecule has 0 aromatic heterocycles. The van der Waals surface area contributed by atoms with Gasteiger partial charge in [-0.15, -0.1) is 0 Å². The summed E-state index contributed by atoms with van der Waals surface area (Å²) in [5.74, 6) is 0.425. The first-order valence-corrected chi connectivity index (χ1v) is 8.97. The number of thiocarbonyl (C=S) groups is 1. The second-order valence-corrected chi connectivity index (χ2v) is 8.34. The zero-order chi connectivity index (χ0) is 15.1. The summed E-state index contributed by atoms with van der Waals surface area (Å²) < 4.78 is 24.3. The van der Waals surface area contributed by atoms with E-state index < -0.39 is 15.4 Å². The fourth-order valence-electron chi connectivity index (χ4n) is 3.14. The molecule has 1 heterocycles. The molecule has 0 aromatic carbocycles. The Morgan fingerprint density at radius 2 is 1.75 bits per heavy atom. The highest BCUT2D eigenvalue weighted by Crippen LogP contribution is 2.47. The van der Waals surface area contributed by atoms with Crippen molar-refractivity contribution in [1.82, 2.24) is 9.21 Å². The minimum absolute atomic E-state index is 0.0312. The van der Waals surface area contributed by atoms with Crippen molar-refractivity contribution < 1.29 is 13.2 Å². The SMILES string of the molecule is CC1CC(C(=O)N2CCN(S(C)(=O)=O)CC2)(C(N)=S)C1. The molecule has 0 radical (unpaired) electrons. The molecule has 1 aliphatic carbocycles. The normalized spacial score (nSPS) is 31.7. The van der Waals surface area contributed by atoms with Crippen LogP contribution in [0, 0.1) is 11.3 Å². The van der Waals surface area contributed by atoms with Crippen LogP contribution in [-0.4, -0.2) is 61.0 Å². The monoisotopic (exact) mass is 319 g/mol. The molecule has 6 nitrogen and oxygen atoms in total. The number of carbonyl (C=O) groups is 1. The van der Waals surface area contributed by atoms with Crippen LogP contribution in [0.15, 0.2) is 0 Å². The van der Waals surface area contributed by atoms with Crippen molar-refractivity contribution in [2.45, 2.75) is 19.8 Å². The van der Waals surface area contributed by atoms with Gasteiger partial charge in [-0.05, 0) is 18.8 Å². The summed E-state index contributed by atoms with van der Waals surface area (Å²) in [5, 5.41) is 0. The second kappa shape index (κ2) is 5.23. The second-order valence-electron chi connectivity index (χ2n) is 5.91. The maximum absolute atomic E-state index is 12.6. The Hall–Kier alpha value is -0.730. The van der Waals surface area contributed by atoms with Gasteiger partial charge in [0.2, 0.25) is 15.9 Å². The van der Waals surface area contributed by atoms with Gasteiger partial charge in [-0.2, -0.15) is 4.31 Å². The number of nitrogens with zero attached hydrogens (tertiary/aromatic N) is 2. The molecule has 20 heavy (non-hydrogen) atoms. The van der Waals surface area contributed by atoms with Crippen LogP contribution >= 0.6 is 12.2 Å². The van der Waals surface area contributed by atoms with Gasteiger partial charge in [-0.1, -0.05) is 19.1 Å². The summed E-state index contributed by atoms with van der Waals surface area (Å²) >= 11 is 5.09. The van der Waals surface area contributed by atoms with Gasteiger partial charge in [0.1, 0.15) is 0 Å². The predicted octanol–water partition coefficient (Wildman–Crippen LogP) is -0.207. The van der Waals surface area contributed by atoms with Crippen LogP contribution in [0.1, 0.15) is 19.8 Å². The van der Waals surface area contributed by atoms with E-state index in [-0.39, 0.29) is 10.9 Å².